The highest BCUT2D eigenvalue weighted by Gasteiger charge is 2.17. The number of hydrogen-bond donors (Lipinski definition) is 2. The molecule has 0 saturated carbocycles. The van der Waals surface area contributed by atoms with E-state index in [1.807, 2.05) is 30.3 Å². The number of halogens is 1. The summed E-state index contributed by atoms with van der Waals surface area (Å²) in [6.45, 7) is 0.370. The average Bonchev–Trinajstić information content (AvgIpc) is 2.55. The van der Waals surface area contributed by atoms with Crippen LogP contribution in [0.2, 0.25) is 5.02 Å². The van der Waals surface area contributed by atoms with Gasteiger partial charge in [0, 0.05) is 12.1 Å². The summed E-state index contributed by atoms with van der Waals surface area (Å²) in [5, 5.41) is 2.89. The van der Waals surface area contributed by atoms with Gasteiger partial charge in [0.25, 0.3) is 5.91 Å². The van der Waals surface area contributed by atoms with Crippen molar-refractivity contribution in [3.05, 3.63) is 64.2 Å². The Balaban J connectivity index is 2.19. The van der Waals surface area contributed by atoms with Crippen molar-refractivity contribution in [2.45, 2.75) is 6.54 Å². The molecule has 0 aromatic heterocycles. The molecule has 1 amide bonds. The minimum atomic E-state index is -0.642. The number of nitrogen functional groups attached to an aromatic ring is 1. The first-order valence-corrected chi connectivity index (χ1v) is 6.90. The van der Waals surface area contributed by atoms with Gasteiger partial charge in [-0.1, -0.05) is 41.9 Å². The van der Waals surface area contributed by atoms with Crippen LogP contribution in [0.3, 0.4) is 0 Å². The minimum absolute atomic E-state index is 0.0693. The molecule has 0 fully saturated rings. The van der Waals surface area contributed by atoms with Crippen molar-refractivity contribution in [1.82, 2.24) is 5.32 Å². The molecule has 0 aliphatic carbocycles. The first-order chi connectivity index (χ1) is 10.5. The van der Waals surface area contributed by atoms with Gasteiger partial charge >= 0.3 is 5.97 Å². The van der Waals surface area contributed by atoms with Crippen molar-refractivity contribution >= 4 is 29.2 Å². The molecule has 114 valence electrons. The van der Waals surface area contributed by atoms with E-state index in [1.165, 1.54) is 19.2 Å². The van der Waals surface area contributed by atoms with Gasteiger partial charge in [-0.15, -0.1) is 0 Å². The molecule has 0 unspecified atom stereocenters. The molecule has 5 nitrogen and oxygen atoms in total. The molecule has 3 N–H and O–H groups in total. The van der Waals surface area contributed by atoms with Gasteiger partial charge in [-0.25, -0.2) is 4.79 Å². The standard InChI is InChI=1S/C16H15ClN2O3/c1-22-16(21)12-7-11(8-13(17)14(12)18)15(20)19-9-10-5-3-2-4-6-10/h2-8H,9,18H2,1H3,(H,19,20). The molecule has 0 spiro atoms. The lowest BCUT2D eigenvalue weighted by atomic mass is 10.1. The fraction of sp³-hybridized carbons (Fsp3) is 0.125. The molecule has 6 heteroatoms. The lowest BCUT2D eigenvalue weighted by molar-refractivity contribution is 0.0602. The van der Waals surface area contributed by atoms with Crippen molar-refractivity contribution < 1.29 is 14.3 Å². The Morgan fingerprint density at radius 3 is 2.55 bits per heavy atom. The largest absolute Gasteiger partial charge is 0.465 e. The first-order valence-electron chi connectivity index (χ1n) is 6.52. The van der Waals surface area contributed by atoms with Crippen LogP contribution in [0.25, 0.3) is 0 Å². The summed E-state index contributed by atoms with van der Waals surface area (Å²) in [5.41, 5.74) is 7.10. The smallest absolute Gasteiger partial charge is 0.340 e. The number of methoxy groups -OCH3 is 1. The minimum Gasteiger partial charge on any atom is -0.465 e. The van der Waals surface area contributed by atoms with Gasteiger partial charge in [0.05, 0.1) is 23.4 Å². The zero-order valence-corrected chi connectivity index (χ0v) is 12.7. The van der Waals surface area contributed by atoms with E-state index in [4.69, 9.17) is 17.3 Å². The Bertz CT molecular complexity index is 702. The van der Waals surface area contributed by atoms with E-state index in [9.17, 15) is 9.59 Å². The zero-order valence-electron chi connectivity index (χ0n) is 11.9. The van der Waals surface area contributed by atoms with E-state index in [0.29, 0.717) is 6.54 Å². The van der Waals surface area contributed by atoms with Gasteiger partial charge in [0.15, 0.2) is 0 Å². The highest BCUT2D eigenvalue weighted by molar-refractivity contribution is 6.34. The zero-order chi connectivity index (χ0) is 16.1. The molecule has 0 radical (unpaired) electrons. The Kier molecular flexibility index (Phi) is 5.01. The number of hydrogen-bond acceptors (Lipinski definition) is 4. The Morgan fingerprint density at radius 2 is 1.91 bits per heavy atom. The third kappa shape index (κ3) is 3.56. The molecule has 2 rings (SSSR count). The van der Waals surface area contributed by atoms with Gasteiger partial charge in [0.2, 0.25) is 0 Å². The maximum Gasteiger partial charge on any atom is 0.340 e. The first kappa shape index (κ1) is 15.9. The predicted molar refractivity (Wildman–Crippen MR) is 84.8 cm³/mol. The third-order valence-electron chi connectivity index (χ3n) is 3.09. The van der Waals surface area contributed by atoms with Crippen LogP contribution >= 0.6 is 11.6 Å². The monoisotopic (exact) mass is 318 g/mol. The van der Waals surface area contributed by atoms with Gasteiger partial charge < -0.3 is 15.8 Å². The van der Waals surface area contributed by atoms with Gasteiger partial charge in [-0.3, -0.25) is 4.79 Å². The van der Waals surface area contributed by atoms with E-state index in [2.05, 4.69) is 10.1 Å². The van der Waals surface area contributed by atoms with Crippen LogP contribution in [0.5, 0.6) is 0 Å². The molecular weight excluding hydrogens is 304 g/mol. The molecule has 0 saturated heterocycles. The number of carbonyl (C=O) groups excluding carboxylic acids is 2. The normalized spacial score (nSPS) is 10.1. The van der Waals surface area contributed by atoms with E-state index < -0.39 is 5.97 Å². The lowest BCUT2D eigenvalue weighted by Gasteiger charge is -2.10. The molecule has 0 aliphatic heterocycles. The van der Waals surface area contributed by atoms with Gasteiger partial charge in [-0.2, -0.15) is 0 Å². The maximum atomic E-state index is 12.2. The number of ether oxygens (including phenoxy) is 1. The van der Waals surface area contributed by atoms with Crippen LogP contribution < -0.4 is 11.1 Å². The predicted octanol–water partition coefficient (Wildman–Crippen LogP) is 2.64. The Labute approximate surface area is 133 Å². The molecule has 0 bridgehead atoms. The second-order valence-corrected chi connectivity index (χ2v) is 4.99. The maximum absolute atomic E-state index is 12.2. The number of rotatable bonds is 4. The fourth-order valence-corrected chi connectivity index (χ4v) is 2.13. The molecule has 2 aromatic carbocycles. The lowest BCUT2D eigenvalue weighted by Crippen LogP contribution is -2.23. The van der Waals surface area contributed by atoms with Crippen molar-refractivity contribution in [2.24, 2.45) is 0 Å². The summed E-state index contributed by atoms with van der Waals surface area (Å²) in [6.07, 6.45) is 0. The fourth-order valence-electron chi connectivity index (χ4n) is 1.91. The van der Waals surface area contributed by atoms with E-state index in [0.717, 1.165) is 5.56 Å². The molecule has 0 heterocycles. The topological polar surface area (TPSA) is 81.4 Å². The molecule has 0 atom stereocenters. The second kappa shape index (κ2) is 6.95. The van der Waals surface area contributed by atoms with Crippen LogP contribution in [0.1, 0.15) is 26.3 Å². The van der Waals surface area contributed by atoms with E-state index in [1.54, 1.807) is 0 Å². The average molecular weight is 319 g/mol. The van der Waals surface area contributed by atoms with Gasteiger partial charge in [0.1, 0.15) is 0 Å². The van der Waals surface area contributed by atoms with Crippen LogP contribution in [-0.4, -0.2) is 19.0 Å². The molecular formula is C16H15ClN2O3. The number of benzene rings is 2. The van der Waals surface area contributed by atoms with Crippen LogP contribution in [0, 0.1) is 0 Å². The summed E-state index contributed by atoms with van der Waals surface area (Å²) in [7, 11) is 1.23. The van der Waals surface area contributed by atoms with E-state index >= 15 is 0 Å². The molecule has 2 aromatic rings. The number of amides is 1. The molecule has 0 aliphatic rings. The van der Waals surface area contributed by atoms with Crippen molar-refractivity contribution in [3.63, 3.8) is 0 Å². The van der Waals surface area contributed by atoms with E-state index in [-0.39, 0.29) is 27.7 Å². The summed E-state index contributed by atoms with van der Waals surface area (Å²) in [4.78, 5) is 23.8. The Morgan fingerprint density at radius 1 is 1.23 bits per heavy atom. The Hall–Kier alpha value is -2.53. The number of carbonyl (C=O) groups is 2. The number of esters is 1. The molecule has 22 heavy (non-hydrogen) atoms. The highest BCUT2D eigenvalue weighted by Crippen LogP contribution is 2.25. The number of anilines is 1. The number of nitrogens with two attached hydrogens (primary N) is 1. The summed E-state index contributed by atoms with van der Waals surface area (Å²) in [6, 6.07) is 12.3. The van der Waals surface area contributed by atoms with Crippen molar-refractivity contribution in [1.29, 1.82) is 0 Å². The van der Waals surface area contributed by atoms with Crippen LogP contribution in [-0.2, 0) is 11.3 Å². The number of nitrogens with one attached hydrogen (secondary N) is 1. The van der Waals surface area contributed by atoms with Crippen LogP contribution in [0.4, 0.5) is 5.69 Å². The summed E-state index contributed by atoms with van der Waals surface area (Å²) in [5.74, 6) is -0.993. The van der Waals surface area contributed by atoms with Crippen LogP contribution in [0.15, 0.2) is 42.5 Å². The van der Waals surface area contributed by atoms with Crippen molar-refractivity contribution in [3.8, 4) is 0 Å². The summed E-state index contributed by atoms with van der Waals surface area (Å²) >= 11 is 5.97. The van der Waals surface area contributed by atoms with Gasteiger partial charge in [-0.05, 0) is 17.7 Å². The second-order valence-electron chi connectivity index (χ2n) is 4.58. The third-order valence-corrected chi connectivity index (χ3v) is 3.41. The van der Waals surface area contributed by atoms with Crippen molar-refractivity contribution in [2.75, 3.05) is 12.8 Å². The SMILES string of the molecule is COC(=O)c1cc(C(=O)NCc2ccccc2)cc(Cl)c1N. The summed E-state index contributed by atoms with van der Waals surface area (Å²) < 4.78 is 4.63. The highest BCUT2D eigenvalue weighted by atomic mass is 35.5. The quantitative estimate of drug-likeness (QED) is 0.670.